The van der Waals surface area contributed by atoms with Crippen molar-refractivity contribution in [3.05, 3.63) is 77.9 Å². The SMILES string of the molecule is O=C(c1ccc(OCCN2CCCCC2)cc1)c1c(-c2ccc(O)cc2)sc2cc(OC3CCCC3)ccc12. The lowest BCUT2D eigenvalue weighted by molar-refractivity contribution is 0.104. The number of fused-ring (bicyclic) bond motifs is 1. The van der Waals surface area contributed by atoms with Gasteiger partial charge in [-0.05, 0) is 124 Å². The molecule has 1 saturated heterocycles. The van der Waals surface area contributed by atoms with E-state index in [2.05, 4.69) is 11.0 Å². The number of benzene rings is 3. The average Bonchev–Trinajstić information content (AvgIpc) is 3.62. The lowest BCUT2D eigenvalue weighted by atomic mass is 9.97. The fourth-order valence-corrected chi connectivity index (χ4v) is 6.95. The highest BCUT2D eigenvalue weighted by atomic mass is 32.1. The van der Waals surface area contributed by atoms with E-state index >= 15 is 0 Å². The molecule has 39 heavy (non-hydrogen) atoms. The number of piperidine rings is 1. The molecular weight excluding hydrogens is 506 g/mol. The van der Waals surface area contributed by atoms with Gasteiger partial charge in [0.15, 0.2) is 5.78 Å². The highest BCUT2D eigenvalue weighted by Gasteiger charge is 2.23. The molecule has 1 aliphatic carbocycles. The van der Waals surface area contributed by atoms with Gasteiger partial charge < -0.3 is 14.6 Å². The Balaban J connectivity index is 1.25. The Morgan fingerprint density at radius 3 is 2.33 bits per heavy atom. The van der Waals surface area contributed by atoms with Crippen molar-refractivity contribution in [2.75, 3.05) is 26.2 Å². The number of ether oxygens (including phenoxy) is 2. The first-order chi connectivity index (χ1) is 19.1. The molecule has 2 heterocycles. The quantitative estimate of drug-likeness (QED) is 0.220. The van der Waals surface area contributed by atoms with Gasteiger partial charge in [0.1, 0.15) is 23.9 Å². The van der Waals surface area contributed by atoms with E-state index in [0.29, 0.717) is 17.7 Å². The van der Waals surface area contributed by atoms with Crippen LogP contribution in [0.1, 0.15) is 60.9 Å². The van der Waals surface area contributed by atoms with Crippen LogP contribution in [0.3, 0.4) is 0 Å². The highest BCUT2D eigenvalue weighted by molar-refractivity contribution is 7.22. The third-order valence-corrected chi connectivity index (χ3v) is 9.07. The van der Waals surface area contributed by atoms with Crippen molar-refractivity contribution in [3.8, 4) is 27.7 Å². The molecule has 5 nitrogen and oxygen atoms in total. The van der Waals surface area contributed by atoms with Crippen molar-refractivity contribution in [2.45, 2.75) is 51.0 Å². The lowest BCUT2D eigenvalue weighted by Crippen LogP contribution is -2.33. The van der Waals surface area contributed by atoms with Crippen LogP contribution in [-0.4, -0.2) is 48.1 Å². The first kappa shape index (κ1) is 25.9. The maximum absolute atomic E-state index is 14.0. The Morgan fingerprint density at radius 2 is 1.59 bits per heavy atom. The number of carbonyl (C=O) groups is 1. The monoisotopic (exact) mass is 541 g/mol. The van der Waals surface area contributed by atoms with Crippen LogP contribution < -0.4 is 9.47 Å². The molecule has 0 radical (unpaired) electrons. The van der Waals surface area contributed by atoms with Gasteiger partial charge in [0, 0.05) is 32.6 Å². The zero-order valence-electron chi connectivity index (χ0n) is 22.2. The van der Waals surface area contributed by atoms with Gasteiger partial charge in [0.05, 0.1) is 6.10 Å². The molecule has 202 valence electrons. The second-order valence-corrected chi connectivity index (χ2v) is 11.7. The summed E-state index contributed by atoms with van der Waals surface area (Å²) in [4.78, 5) is 17.3. The molecule has 2 fully saturated rings. The van der Waals surface area contributed by atoms with Crippen molar-refractivity contribution in [2.24, 2.45) is 0 Å². The van der Waals surface area contributed by atoms with Crippen LogP contribution in [-0.2, 0) is 0 Å². The van der Waals surface area contributed by atoms with Gasteiger partial charge in [-0.25, -0.2) is 0 Å². The normalized spacial score (nSPS) is 16.5. The minimum absolute atomic E-state index is 0.0198. The number of hydrogen-bond donors (Lipinski definition) is 1. The maximum Gasteiger partial charge on any atom is 0.195 e. The van der Waals surface area contributed by atoms with Crippen molar-refractivity contribution in [3.63, 3.8) is 0 Å². The van der Waals surface area contributed by atoms with Gasteiger partial charge in [-0.3, -0.25) is 9.69 Å². The Morgan fingerprint density at radius 1 is 0.872 bits per heavy atom. The summed E-state index contributed by atoms with van der Waals surface area (Å²) >= 11 is 1.59. The Labute approximate surface area is 234 Å². The molecule has 2 aliphatic rings. The summed E-state index contributed by atoms with van der Waals surface area (Å²) < 4.78 is 13.3. The van der Waals surface area contributed by atoms with Crippen molar-refractivity contribution < 1.29 is 19.4 Å². The molecule has 0 amide bonds. The number of phenolic OH excluding ortho intramolecular Hbond substituents is 1. The third-order valence-electron chi connectivity index (χ3n) is 7.86. The molecule has 1 N–H and O–H groups in total. The van der Waals surface area contributed by atoms with Gasteiger partial charge in [-0.1, -0.05) is 6.42 Å². The molecule has 1 aromatic heterocycles. The predicted molar refractivity (Wildman–Crippen MR) is 157 cm³/mol. The van der Waals surface area contributed by atoms with Crippen LogP contribution in [0.4, 0.5) is 0 Å². The van der Waals surface area contributed by atoms with Crippen LogP contribution in [0, 0.1) is 0 Å². The second kappa shape index (κ2) is 11.8. The summed E-state index contributed by atoms with van der Waals surface area (Å²) in [7, 11) is 0. The molecule has 3 aromatic carbocycles. The first-order valence-electron chi connectivity index (χ1n) is 14.2. The standard InChI is InChI=1S/C33H35NO4S/c35-25-12-8-24(9-13-25)33-31(29-17-16-28(22-30(29)39-33)38-27-6-2-3-7-27)32(36)23-10-14-26(15-11-23)37-21-20-34-18-4-1-5-19-34/h8-17,22,27,35H,1-7,18-21H2. The van der Waals surface area contributed by atoms with Gasteiger partial charge >= 0.3 is 0 Å². The van der Waals surface area contributed by atoms with Crippen LogP contribution in [0.5, 0.6) is 17.2 Å². The van der Waals surface area contributed by atoms with Gasteiger partial charge in [-0.2, -0.15) is 0 Å². The van der Waals surface area contributed by atoms with E-state index in [1.165, 1.54) is 32.1 Å². The van der Waals surface area contributed by atoms with Crippen LogP contribution in [0.25, 0.3) is 20.5 Å². The highest BCUT2D eigenvalue weighted by Crippen LogP contribution is 2.42. The Hall–Kier alpha value is -3.35. The Bertz CT molecular complexity index is 1410. The summed E-state index contributed by atoms with van der Waals surface area (Å²) in [6.45, 7) is 3.90. The molecule has 6 rings (SSSR count). The fraction of sp³-hybridized carbons (Fsp3) is 0.364. The number of likely N-dealkylation sites (tertiary alicyclic amines) is 1. The summed E-state index contributed by atoms with van der Waals surface area (Å²) in [6.07, 6.45) is 8.79. The lowest BCUT2D eigenvalue weighted by Gasteiger charge is -2.26. The minimum Gasteiger partial charge on any atom is -0.508 e. The van der Waals surface area contributed by atoms with Gasteiger partial charge in [0.2, 0.25) is 0 Å². The zero-order valence-corrected chi connectivity index (χ0v) is 23.1. The molecule has 0 unspecified atom stereocenters. The van der Waals surface area contributed by atoms with E-state index in [0.717, 1.165) is 64.5 Å². The third kappa shape index (κ3) is 5.97. The molecule has 0 bridgehead atoms. The van der Waals surface area contributed by atoms with Crippen molar-refractivity contribution >= 4 is 27.2 Å². The fourth-order valence-electron chi connectivity index (χ4n) is 5.71. The molecule has 6 heteroatoms. The summed E-state index contributed by atoms with van der Waals surface area (Å²) in [6, 6.07) is 20.7. The van der Waals surface area contributed by atoms with Crippen molar-refractivity contribution in [1.29, 1.82) is 0 Å². The zero-order chi connectivity index (χ0) is 26.6. The predicted octanol–water partition coefficient (Wildman–Crippen LogP) is 7.69. The van der Waals surface area contributed by atoms with Crippen molar-refractivity contribution in [1.82, 2.24) is 4.90 Å². The maximum atomic E-state index is 14.0. The van der Waals surface area contributed by atoms with Crippen LogP contribution in [0.15, 0.2) is 66.7 Å². The second-order valence-electron chi connectivity index (χ2n) is 10.6. The van der Waals surface area contributed by atoms with E-state index in [1.54, 1.807) is 23.5 Å². The van der Waals surface area contributed by atoms with E-state index in [9.17, 15) is 9.90 Å². The smallest absolute Gasteiger partial charge is 0.195 e. The van der Waals surface area contributed by atoms with Crippen LogP contribution in [0.2, 0.25) is 0 Å². The largest absolute Gasteiger partial charge is 0.508 e. The number of hydrogen-bond acceptors (Lipinski definition) is 6. The summed E-state index contributed by atoms with van der Waals surface area (Å²) in [5.41, 5.74) is 2.23. The molecule has 0 spiro atoms. The summed E-state index contributed by atoms with van der Waals surface area (Å²) in [5.74, 6) is 1.83. The minimum atomic E-state index is -0.0198. The van der Waals surface area contributed by atoms with E-state index in [4.69, 9.17) is 9.47 Å². The topological polar surface area (TPSA) is 59.0 Å². The number of phenols is 1. The Kier molecular flexibility index (Phi) is 7.84. The summed E-state index contributed by atoms with van der Waals surface area (Å²) in [5, 5.41) is 10.8. The van der Waals surface area contributed by atoms with Gasteiger partial charge in [0.25, 0.3) is 0 Å². The molecule has 0 atom stereocenters. The number of carbonyl (C=O) groups excluding carboxylic acids is 1. The molecular formula is C33H35NO4S. The van der Waals surface area contributed by atoms with E-state index < -0.39 is 0 Å². The molecule has 4 aromatic rings. The molecule has 1 saturated carbocycles. The number of aromatic hydroxyl groups is 1. The first-order valence-corrected chi connectivity index (χ1v) is 15.0. The van der Waals surface area contributed by atoms with E-state index in [-0.39, 0.29) is 17.6 Å². The van der Waals surface area contributed by atoms with Gasteiger partial charge in [-0.15, -0.1) is 11.3 Å². The average molecular weight is 542 g/mol. The number of nitrogens with zero attached hydrogens (tertiary/aromatic N) is 1. The number of ketones is 1. The molecule has 1 aliphatic heterocycles. The van der Waals surface area contributed by atoms with Crippen LogP contribution >= 0.6 is 11.3 Å². The van der Waals surface area contributed by atoms with E-state index in [1.807, 2.05) is 48.5 Å². The number of thiophene rings is 1. The number of rotatable bonds is 9.